The maximum absolute atomic E-state index is 9.95. The molecular weight excluding hydrogens is 390 g/mol. The third-order valence-corrected chi connectivity index (χ3v) is 5.10. The van der Waals surface area contributed by atoms with Crippen molar-refractivity contribution in [2.24, 2.45) is 0 Å². The maximum Gasteiger partial charge on any atom is 0.276 e. The molecule has 4 rings (SSSR count). The molecule has 4 aromatic rings. The van der Waals surface area contributed by atoms with E-state index in [1.165, 1.54) is 0 Å². The van der Waals surface area contributed by atoms with Crippen LogP contribution in [-0.2, 0) is 13.0 Å². The van der Waals surface area contributed by atoms with Gasteiger partial charge in [-0.15, -0.1) is 0 Å². The van der Waals surface area contributed by atoms with Crippen LogP contribution in [0, 0.1) is 6.92 Å². The molecule has 0 unspecified atom stereocenters. The van der Waals surface area contributed by atoms with E-state index in [1.807, 2.05) is 50.2 Å². The van der Waals surface area contributed by atoms with Crippen molar-refractivity contribution in [3.8, 4) is 40.1 Å². The highest BCUT2D eigenvalue weighted by atomic mass is 35.5. The van der Waals surface area contributed by atoms with Crippen molar-refractivity contribution in [1.82, 2.24) is 24.9 Å². The molecule has 29 heavy (non-hydrogen) atoms. The van der Waals surface area contributed by atoms with Gasteiger partial charge in [-0.3, -0.25) is 4.68 Å². The summed E-state index contributed by atoms with van der Waals surface area (Å²) in [6.45, 7) is 6.38. The molecular formula is C21H20ClN5O2. The number of aromatic nitrogens is 5. The fourth-order valence-corrected chi connectivity index (χ4v) is 3.42. The van der Waals surface area contributed by atoms with Crippen LogP contribution in [0.4, 0.5) is 0 Å². The van der Waals surface area contributed by atoms with Crippen molar-refractivity contribution < 1.29 is 9.63 Å². The highest BCUT2D eigenvalue weighted by molar-refractivity contribution is 6.33. The first kappa shape index (κ1) is 19.1. The van der Waals surface area contributed by atoms with E-state index in [0.717, 1.165) is 22.4 Å². The molecule has 0 atom stereocenters. The molecule has 0 radical (unpaired) electrons. The summed E-state index contributed by atoms with van der Waals surface area (Å²) in [7, 11) is 0. The van der Waals surface area contributed by atoms with Gasteiger partial charge in [0.2, 0.25) is 11.7 Å². The van der Waals surface area contributed by atoms with Crippen LogP contribution in [0.25, 0.3) is 34.2 Å². The molecule has 0 saturated heterocycles. The predicted molar refractivity (Wildman–Crippen MR) is 111 cm³/mol. The van der Waals surface area contributed by atoms with Crippen molar-refractivity contribution in [3.63, 3.8) is 0 Å². The molecule has 3 heterocycles. The van der Waals surface area contributed by atoms with Gasteiger partial charge >= 0.3 is 0 Å². The summed E-state index contributed by atoms with van der Waals surface area (Å²) in [5.74, 6) is 0.812. The van der Waals surface area contributed by atoms with Crippen molar-refractivity contribution in [2.45, 2.75) is 33.7 Å². The molecule has 7 nitrogen and oxygen atoms in total. The Kier molecular flexibility index (Phi) is 5.07. The molecule has 0 amide bonds. The SMILES string of the molecule is CCc1cc(-c2noc(-c3cc(-c4ccccc4Cl)nn3CC)n2)c(C)nc1O. The van der Waals surface area contributed by atoms with Crippen LogP contribution in [0.5, 0.6) is 5.88 Å². The minimum absolute atomic E-state index is 0.0332. The average Bonchev–Trinajstić information content (AvgIpc) is 3.35. The standard InChI is InChI=1S/C21H20ClN5O2/c1-4-13-10-15(12(3)23-20(13)28)19-24-21(29-26-19)18-11-17(25-27(18)5-2)14-8-6-7-9-16(14)22/h6-11H,4-5H2,1-3H3,(H,23,28). The molecule has 0 saturated carbocycles. The van der Waals surface area contributed by atoms with Gasteiger partial charge in [0, 0.05) is 23.2 Å². The number of pyridine rings is 1. The number of nitrogens with zero attached hydrogens (tertiary/aromatic N) is 5. The van der Waals surface area contributed by atoms with Crippen molar-refractivity contribution in [2.75, 3.05) is 0 Å². The van der Waals surface area contributed by atoms with Gasteiger partial charge in [-0.1, -0.05) is 41.9 Å². The lowest BCUT2D eigenvalue weighted by Crippen LogP contribution is -1.99. The number of rotatable bonds is 5. The molecule has 0 aliphatic heterocycles. The van der Waals surface area contributed by atoms with E-state index in [0.29, 0.717) is 41.1 Å². The van der Waals surface area contributed by atoms with E-state index in [2.05, 4.69) is 20.2 Å². The van der Waals surface area contributed by atoms with Crippen molar-refractivity contribution >= 4 is 11.6 Å². The summed E-state index contributed by atoms with van der Waals surface area (Å²) in [4.78, 5) is 8.75. The van der Waals surface area contributed by atoms with Crippen LogP contribution in [0.2, 0.25) is 5.02 Å². The van der Waals surface area contributed by atoms with Crippen LogP contribution < -0.4 is 0 Å². The molecule has 0 spiro atoms. The Hall–Kier alpha value is -3.19. The maximum atomic E-state index is 9.95. The Morgan fingerprint density at radius 2 is 1.90 bits per heavy atom. The lowest BCUT2D eigenvalue weighted by molar-refractivity contribution is 0.427. The summed E-state index contributed by atoms with van der Waals surface area (Å²) in [5.41, 5.74) is 4.38. The predicted octanol–water partition coefficient (Wildman–Crippen LogP) is 4.91. The average molecular weight is 410 g/mol. The fourth-order valence-electron chi connectivity index (χ4n) is 3.19. The second kappa shape index (κ2) is 7.67. The van der Waals surface area contributed by atoms with E-state index in [9.17, 15) is 5.11 Å². The zero-order valence-corrected chi connectivity index (χ0v) is 17.1. The summed E-state index contributed by atoms with van der Waals surface area (Å²) < 4.78 is 7.34. The third kappa shape index (κ3) is 3.49. The van der Waals surface area contributed by atoms with Crippen LogP contribution >= 0.6 is 11.6 Å². The molecule has 0 aliphatic rings. The van der Waals surface area contributed by atoms with Crippen LogP contribution in [-0.4, -0.2) is 30.0 Å². The zero-order chi connectivity index (χ0) is 20.5. The van der Waals surface area contributed by atoms with Gasteiger partial charge in [0.05, 0.1) is 16.4 Å². The van der Waals surface area contributed by atoms with E-state index >= 15 is 0 Å². The number of benzene rings is 1. The summed E-state index contributed by atoms with van der Waals surface area (Å²) in [5, 5.41) is 19.3. The summed E-state index contributed by atoms with van der Waals surface area (Å²) in [6.07, 6.45) is 0.653. The largest absolute Gasteiger partial charge is 0.493 e. The van der Waals surface area contributed by atoms with Crippen molar-refractivity contribution in [1.29, 1.82) is 0 Å². The zero-order valence-electron chi connectivity index (χ0n) is 16.3. The van der Waals surface area contributed by atoms with E-state index in [-0.39, 0.29) is 5.88 Å². The Labute approximate surface area is 173 Å². The minimum Gasteiger partial charge on any atom is -0.493 e. The summed E-state index contributed by atoms with van der Waals surface area (Å²) in [6, 6.07) is 11.3. The van der Waals surface area contributed by atoms with Gasteiger partial charge < -0.3 is 9.63 Å². The second-order valence-corrected chi connectivity index (χ2v) is 7.00. The van der Waals surface area contributed by atoms with Gasteiger partial charge in [0.15, 0.2) is 0 Å². The van der Waals surface area contributed by atoms with Gasteiger partial charge in [-0.05, 0) is 38.5 Å². The van der Waals surface area contributed by atoms with Crippen LogP contribution in [0.1, 0.15) is 25.1 Å². The van der Waals surface area contributed by atoms with Gasteiger partial charge in [0.25, 0.3) is 5.89 Å². The third-order valence-electron chi connectivity index (χ3n) is 4.77. The topological polar surface area (TPSA) is 89.9 Å². The van der Waals surface area contributed by atoms with Gasteiger partial charge in [0.1, 0.15) is 5.69 Å². The molecule has 0 bridgehead atoms. The van der Waals surface area contributed by atoms with Crippen LogP contribution in [0.3, 0.4) is 0 Å². The number of aromatic hydroxyl groups is 1. The highest BCUT2D eigenvalue weighted by Crippen LogP contribution is 2.32. The molecule has 3 aromatic heterocycles. The first-order chi connectivity index (χ1) is 14.0. The normalized spacial score (nSPS) is 11.2. The minimum atomic E-state index is 0.0332. The molecule has 0 aliphatic carbocycles. The Bertz CT molecular complexity index is 1180. The molecule has 8 heteroatoms. The number of aryl methyl sites for hydroxylation is 3. The van der Waals surface area contributed by atoms with E-state index < -0.39 is 0 Å². The smallest absolute Gasteiger partial charge is 0.276 e. The molecule has 148 valence electrons. The molecule has 0 fully saturated rings. The number of hydrogen-bond acceptors (Lipinski definition) is 6. The first-order valence-corrected chi connectivity index (χ1v) is 9.76. The first-order valence-electron chi connectivity index (χ1n) is 9.38. The second-order valence-electron chi connectivity index (χ2n) is 6.59. The van der Waals surface area contributed by atoms with E-state index in [1.54, 1.807) is 11.6 Å². The highest BCUT2D eigenvalue weighted by Gasteiger charge is 2.20. The Balaban J connectivity index is 1.77. The quantitative estimate of drug-likeness (QED) is 0.503. The lowest BCUT2D eigenvalue weighted by atomic mass is 10.1. The van der Waals surface area contributed by atoms with E-state index in [4.69, 9.17) is 16.1 Å². The molecule has 1 aromatic carbocycles. The molecule has 1 N–H and O–H groups in total. The van der Waals surface area contributed by atoms with Gasteiger partial charge in [-0.25, -0.2) is 4.98 Å². The lowest BCUT2D eigenvalue weighted by Gasteiger charge is -2.05. The monoisotopic (exact) mass is 409 g/mol. The van der Waals surface area contributed by atoms with Crippen molar-refractivity contribution in [3.05, 3.63) is 52.7 Å². The fraction of sp³-hybridized carbons (Fsp3) is 0.238. The van der Waals surface area contributed by atoms with Gasteiger partial charge in [-0.2, -0.15) is 10.1 Å². The van der Waals surface area contributed by atoms with Crippen LogP contribution in [0.15, 0.2) is 40.9 Å². The Morgan fingerprint density at radius 1 is 1.10 bits per heavy atom. The summed E-state index contributed by atoms with van der Waals surface area (Å²) >= 11 is 6.32. The Morgan fingerprint density at radius 3 is 2.62 bits per heavy atom. The number of hydrogen-bond donors (Lipinski definition) is 1. The number of halogens is 1.